The molecule has 0 aromatic heterocycles. The van der Waals surface area contributed by atoms with Crippen LogP contribution in [-0.2, 0) is 0 Å². The zero-order valence-electron chi connectivity index (χ0n) is 23.3. The summed E-state index contributed by atoms with van der Waals surface area (Å²) < 4.78 is 3.48. The van der Waals surface area contributed by atoms with E-state index in [9.17, 15) is 0 Å². The minimum atomic E-state index is -1.77. The van der Waals surface area contributed by atoms with Crippen LogP contribution in [0.3, 0.4) is 0 Å². The molecule has 2 heteroatoms. The maximum atomic E-state index is 5.41. The van der Waals surface area contributed by atoms with Crippen LogP contribution in [0.4, 0.5) is 0 Å². The summed E-state index contributed by atoms with van der Waals surface area (Å²) in [6, 6.07) is 34.9. The van der Waals surface area contributed by atoms with Gasteiger partial charge in [-0.2, -0.15) is 0 Å². The Morgan fingerprint density at radius 1 is 0.714 bits per heavy atom. The van der Waals surface area contributed by atoms with Crippen LogP contribution < -0.4 is 5.22 Å². The van der Waals surface area contributed by atoms with Gasteiger partial charge in [0.05, 0.1) is 0 Å². The second kappa shape index (κ2) is 9.11. The monoisotopic (exact) mass is 649 g/mol. The quantitative estimate of drug-likeness (QED) is 0.131. The van der Waals surface area contributed by atoms with Gasteiger partial charge in [0.2, 0.25) is 0 Å². The van der Waals surface area contributed by atoms with Crippen LogP contribution in [0.1, 0.15) is 11.1 Å². The molecule has 0 radical (unpaired) electrons. The number of hydrogen-bond donors (Lipinski definition) is 0. The SMILES string of the molecule is C=C/C=c1/ccc2ccc(-c3ccc4c(c3)-c3cc5ccccc5cc3I3C4=NC4C=CC=CC43)c3ccc(C)c1c23. The molecular weight excluding hydrogens is 621 g/mol. The van der Waals surface area contributed by atoms with Gasteiger partial charge in [-0.1, -0.05) is 6.58 Å². The second-order valence-electron chi connectivity index (χ2n) is 11.5. The maximum absolute atomic E-state index is 5.41. The van der Waals surface area contributed by atoms with Crippen molar-refractivity contribution in [1.82, 2.24) is 0 Å². The summed E-state index contributed by atoms with van der Waals surface area (Å²) in [5.41, 5.74) is 7.93. The standard InChI is InChI=1S/C40H28IN/c1-3-8-25-14-15-26-16-19-30(31-18-13-24(2)38(25)39(26)31)29-17-20-32-33(22-29)34-21-27-9-4-5-10-28(27)23-36(34)41-35-11-6-7-12-37(35)42-40(32)41/h3-23,35,37H,1H2,2H3/b25-8-. The number of aliphatic imine (C=N–C) groups is 1. The van der Waals surface area contributed by atoms with E-state index in [2.05, 4.69) is 135 Å². The second-order valence-corrected chi connectivity index (χ2v) is 16.9. The Bertz CT molecular complexity index is 2300. The van der Waals surface area contributed by atoms with Crippen LogP contribution in [-0.4, -0.2) is 13.7 Å². The van der Waals surface area contributed by atoms with Crippen molar-refractivity contribution in [2.45, 2.75) is 16.9 Å². The van der Waals surface area contributed by atoms with Crippen LogP contribution in [0.15, 0.2) is 133 Å². The number of halogens is 1. The molecule has 0 spiro atoms. The molecule has 1 aliphatic carbocycles. The fraction of sp³-hybridized carbons (Fsp3) is 0.0750. The molecule has 0 bridgehead atoms. The number of benzene rings is 6. The topological polar surface area (TPSA) is 12.4 Å². The number of aryl methyl sites for hydroxylation is 1. The molecule has 0 N–H and O–H groups in total. The number of nitrogens with zero attached hydrogens (tertiary/aromatic N) is 1. The molecular formula is C40H28IN. The average Bonchev–Trinajstić information content (AvgIpc) is 3.42. The molecule has 2 heterocycles. The molecule has 0 fully saturated rings. The molecule has 6 aromatic rings. The minimum absolute atomic E-state index is 0.273. The Morgan fingerprint density at radius 3 is 2.40 bits per heavy atom. The molecule has 9 rings (SSSR count). The predicted octanol–water partition coefficient (Wildman–Crippen LogP) is 9.79. The van der Waals surface area contributed by atoms with Gasteiger partial charge in [-0.15, -0.1) is 0 Å². The Morgan fingerprint density at radius 2 is 1.52 bits per heavy atom. The summed E-state index contributed by atoms with van der Waals surface area (Å²) in [6.45, 7) is 6.18. The Balaban J connectivity index is 1.32. The van der Waals surface area contributed by atoms with E-state index in [1.54, 1.807) is 3.57 Å². The third-order valence-electron chi connectivity index (χ3n) is 9.10. The van der Waals surface area contributed by atoms with Gasteiger partial charge in [-0.3, -0.25) is 0 Å². The van der Waals surface area contributed by atoms with E-state index >= 15 is 0 Å². The van der Waals surface area contributed by atoms with Gasteiger partial charge in [0, 0.05) is 0 Å². The molecule has 42 heavy (non-hydrogen) atoms. The van der Waals surface area contributed by atoms with Crippen LogP contribution in [0.25, 0.3) is 60.6 Å². The molecule has 0 amide bonds. The summed E-state index contributed by atoms with van der Waals surface area (Å²) in [5, 5.41) is 9.11. The predicted molar refractivity (Wildman–Crippen MR) is 190 cm³/mol. The van der Waals surface area contributed by atoms with Gasteiger partial charge in [-0.25, -0.2) is 0 Å². The van der Waals surface area contributed by atoms with Crippen molar-refractivity contribution in [3.8, 4) is 22.3 Å². The van der Waals surface area contributed by atoms with E-state index in [-0.39, 0.29) is 6.04 Å². The van der Waals surface area contributed by atoms with Gasteiger partial charge in [0.25, 0.3) is 0 Å². The summed E-state index contributed by atoms with van der Waals surface area (Å²) >= 11 is -1.77. The Labute approximate surface area is 252 Å². The average molecular weight is 650 g/mol. The van der Waals surface area contributed by atoms with Gasteiger partial charge < -0.3 is 0 Å². The van der Waals surface area contributed by atoms with Crippen LogP contribution in [0, 0.1) is 10.5 Å². The number of allylic oxidation sites excluding steroid dienone is 3. The van der Waals surface area contributed by atoms with E-state index in [4.69, 9.17) is 4.99 Å². The zero-order chi connectivity index (χ0) is 27.9. The number of hydrogen-bond acceptors (Lipinski definition) is 1. The van der Waals surface area contributed by atoms with Gasteiger partial charge >= 0.3 is 247 Å². The van der Waals surface area contributed by atoms with E-state index < -0.39 is 19.8 Å². The van der Waals surface area contributed by atoms with Crippen LogP contribution in [0.2, 0.25) is 0 Å². The third kappa shape index (κ3) is 3.39. The van der Waals surface area contributed by atoms with Gasteiger partial charge in [0.15, 0.2) is 0 Å². The molecule has 2 unspecified atom stereocenters. The van der Waals surface area contributed by atoms with Crippen molar-refractivity contribution in [2.24, 2.45) is 4.99 Å². The van der Waals surface area contributed by atoms with E-state index in [1.807, 2.05) is 6.08 Å². The van der Waals surface area contributed by atoms with Gasteiger partial charge in [0.1, 0.15) is 0 Å². The molecule has 2 aliphatic heterocycles. The summed E-state index contributed by atoms with van der Waals surface area (Å²) in [4.78, 5) is 5.41. The first-order valence-corrected chi connectivity index (χ1v) is 18.0. The molecule has 2 atom stereocenters. The van der Waals surface area contributed by atoms with Crippen molar-refractivity contribution in [1.29, 1.82) is 0 Å². The van der Waals surface area contributed by atoms with E-state index in [1.165, 1.54) is 74.6 Å². The van der Waals surface area contributed by atoms with Crippen LogP contribution in [0.5, 0.6) is 0 Å². The van der Waals surface area contributed by atoms with Crippen molar-refractivity contribution in [3.05, 3.63) is 148 Å². The normalized spacial score (nSPS) is 19.6. The van der Waals surface area contributed by atoms with Crippen LogP contribution >= 0.6 is 19.8 Å². The Hall–Kier alpha value is -4.28. The van der Waals surface area contributed by atoms with Crippen molar-refractivity contribution in [2.75, 3.05) is 0 Å². The van der Waals surface area contributed by atoms with Crippen molar-refractivity contribution >= 4 is 61.9 Å². The first-order chi connectivity index (χ1) is 20.7. The van der Waals surface area contributed by atoms with E-state index in [0.717, 1.165) is 0 Å². The first kappa shape index (κ1) is 24.3. The van der Waals surface area contributed by atoms with Gasteiger partial charge in [-0.05, 0) is 0 Å². The third-order valence-corrected chi connectivity index (χ3v) is 15.8. The molecule has 0 saturated heterocycles. The molecule has 200 valence electrons. The summed E-state index contributed by atoms with van der Waals surface area (Å²) in [5.74, 6) is 0. The number of alkyl halides is 1. The molecule has 1 nitrogen and oxygen atoms in total. The number of fused-ring (bicyclic) bond motifs is 9. The van der Waals surface area contributed by atoms with Crippen molar-refractivity contribution < 1.29 is 0 Å². The van der Waals surface area contributed by atoms with Crippen molar-refractivity contribution in [3.63, 3.8) is 0 Å². The summed E-state index contributed by atoms with van der Waals surface area (Å²) in [7, 11) is 0. The molecule has 3 aliphatic rings. The number of rotatable bonds is 2. The summed E-state index contributed by atoms with van der Waals surface area (Å²) in [6.07, 6.45) is 13.2. The molecule has 6 aromatic carbocycles. The fourth-order valence-electron chi connectivity index (χ4n) is 7.17. The molecule has 0 saturated carbocycles. The Kier molecular flexibility index (Phi) is 5.28. The first-order valence-electron chi connectivity index (χ1n) is 14.6. The van der Waals surface area contributed by atoms with E-state index in [0.29, 0.717) is 3.92 Å². The zero-order valence-corrected chi connectivity index (χ0v) is 25.5. The fourth-order valence-corrected chi connectivity index (χ4v) is 14.4.